The Morgan fingerprint density at radius 3 is 2.76 bits per heavy atom. The molecule has 0 N–H and O–H groups in total. The number of hydrogen-bond donors (Lipinski definition) is 0. The van der Waals surface area contributed by atoms with E-state index in [4.69, 9.17) is 11.6 Å². The molecule has 3 nitrogen and oxygen atoms in total. The number of rotatable bonds is 3. The van der Waals surface area contributed by atoms with Crippen LogP contribution in [-0.4, -0.2) is 20.4 Å². The van der Waals surface area contributed by atoms with Gasteiger partial charge in [-0.2, -0.15) is 0 Å². The molecule has 2 aromatic heterocycles. The number of fused-ring (bicyclic) bond motifs is 1. The largest absolute Gasteiger partial charge is 0.280 e. The average Bonchev–Trinajstić information content (AvgIpc) is 2.76. The standard InChI is InChI=1S/C14H9Br2ClFN3/c15-8-5-11-14(19-7-8)21(13(20-11)3-4-17)12-2-1-9(18)6-10(12)16/h1-2,5-7H,3-4H2. The van der Waals surface area contributed by atoms with E-state index in [1.165, 1.54) is 12.1 Å². The molecular weight excluding hydrogens is 424 g/mol. The molecule has 0 aliphatic carbocycles. The minimum atomic E-state index is -0.301. The third-order valence-corrected chi connectivity index (χ3v) is 4.26. The lowest BCUT2D eigenvalue weighted by atomic mass is 10.3. The van der Waals surface area contributed by atoms with E-state index < -0.39 is 0 Å². The minimum Gasteiger partial charge on any atom is -0.280 e. The van der Waals surface area contributed by atoms with Crippen LogP contribution in [0.2, 0.25) is 0 Å². The van der Waals surface area contributed by atoms with E-state index in [-0.39, 0.29) is 5.82 Å². The molecule has 108 valence electrons. The molecule has 0 radical (unpaired) electrons. The Morgan fingerprint density at radius 1 is 1.24 bits per heavy atom. The summed E-state index contributed by atoms with van der Waals surface area (Å²) in [4.78, 5) is 8.99. The molecular formula is C14H9Br2ClFN3. The molecule has 0 fully saturated rings. The highest BCUT2D eigenvalue weighted by atomic mass is 79.9. The maximum absolute atomic E-state index is 13.3. The summed E-state index contributed by atoms with van der Waals surface area (Å²) in [5.74, 6) is 0.936. The van der Waals surface area contributed by atoms with Crippen molar-refractivity contribution in [3.8, 4) is 5.69 Å². The second kappa shape index (κ2) is 6.02. The smallest absolute Gasteiger partial charge is 0.164 e. The van der Waals surface area contributed by atoms with E-state index >= 15 is 0 Å². The molecule has 1 aromatic carbocycles. The zero-order valence-corrected chi connectivity index (χ0v) is 14.6. The van der Waals surface area contributed by atoms with Gasteiger partial charge in [0.2, 0.25) is 0 Å². The number of pyridine rings is 1. The van der Waals surface area contributed by atoms with Gasteiger partial charge in [-0.3, -0.25) is 4.57 Å². The van der Waals surface area contributed by atoms with Crippen LogP contribution in [-0.2, 0) is 6.42 Å². The Morgan fingerprint density at radius 2 is 2.05 bits per heavy atom. The summed E-state index contributed by atoms with van der Waals surface area (Å²) < 4.78 is 16.7. The fourth-order valence-corrected chi connectivity index (χ4v) is 3.17. The molecule has 0 saturated carbocycles. The van der Waals surface area contributed by atoms with Crippen molar-refractivity contribution in [1.82, 2.24) is 14.5 Å². The Labute approximate surface area is 142 Å². The topological polar surface area (TPSA) is 30.7 Å². The first-order chi connectivity index (χ1) is 10.1. The van der Waals surface area contributed by atoms with Crippen molar-refractivity contribution in [1.29, 1.82) is 0 Å². The van der Waals surface area contributed by atoms with Crippen LogP contribution in [0, 0.1) is 5.82 Å². The van der Waals surface area contributed by atoms with Gasteiger partial charge in [-0.1, -0.05) is 0 Å². The second-order valence-corrected chi connectivity index (χ2v) is 6.54. The monoisotopic (exact) mass is 431 g/mol. The Kier molecular flexibility index (Phi) is 4.28. The molecule has 0 saturated heterocycles. The quantitative estimate of drug-likeness (QED) is 0.552. The number of aryl methyl sites for hydroxylation is 1. The normalized spacial score (nSPS) is 11.2. The van der Waals surface area contributed by atoms with Crippen molar-refractivity contribution >= 4 is 54.6 Å². The minimum absolute atomic E-state index is 0.301. The molecule has 3 aromatic rings. The maximum atomic E-state index is 13.3. The molecule has 21 heavy (non-hydrogen) atoms. The SMILES string of the molecule is Fc1ccc(-n2c(CCCl)nc3cc(Br)cnc32)c(Br)c1. The first-order valence-electron chi connectivity index (χ1n) is 6.14. The van der Waals surface area contributed by atoms with Crippen LogP contribution in [0.1, 0.15) is 5.82 Å². The van der Waals surface area contributed by atoms with E-state index in [0.717, 1.165) is 21.5 Å². The zero-order valence-electron chi connectivity index (χ0n) is 10.7. The molecule has 3 rings (SSSR count). The van der Waals surface area contributed by atoms with E-state index in [0.29, 0.717) is 22.4 Å². The maximum Gasteiger partial charge on any atom is 0.164 e. The molecule has 7 heteroatoms. The highest BCUT2D eigenvalue weighted by molar-refractivity contribution is 9.10. The van der Waals surface area contributed by atoms with Gasteiger partial charge in [-0.15, -0.1) is 11.6 Å². The summed E-state index contributed by atoms with van der Waals surface area (Å²) in [5.41, 5.74) is 2.26. The number of halogens is 4. The third kappa shape index (κ3) is 2.84. The summed E-state index contributed by atoms with van der Waals surface area (Å²) in [6.45, 7) is 0. The summed E-state index contributed by atoms with van der Waals surface area (Å²) in [7, 11) is 0. The summed E-state index contributed by atoms with van der Waals surface area (Å²) >= 11 is 12.6. The average molecular weight is 434 g/mol. The summed E-state index contributed by atoms with van der Waals surface area (Å²) in [6.07, 6.45) is 2.31. The van der Waals surface area contributed by atoms with Gasteiger partial charge in [-0.25, -0.2) is 14.4 Å². The number of hydrogen-bond acceptors (Lipinski definition) is 2. The molecule has 0 atom stereocenters. The highest BCUT2D eigenvalue weighted by Gasteiger charge is 2.16. The van der Waals surface area contributed by atoms with E-state index in [1.807, 2.05) is 10.6 Å². The summed E-state index contributed by atoms with van der Waals surface area (Å²) in [6, 6.07) is 6.43. The first-order valence-corrected chi connectivity index (χ1v) is 8.26. The highest BCUT2D eigenvalue weighted by Crippen LogP contribution is 2.28. The molecule has 0 aliphatic rings. The van der Waals surface area contributed by atoms with Crippen molar-refractivity contribution in [2.24, 2.45) is 0 Å². The van der Waals surface area contributed by atoms with Gasteiger partial charge in [0, 0.05) is 27.4 Å². The van der Waals surface area contributed by atoms with Crippen molar-refractivity contribution in [3.63, 3.8) is 0 Å². The van der Waals surface area contributed by atoms with Crippen molar-refractivity contribution in [2.75, 3.05) is 5.88 Å². The molecule has 2 heterocycles. The van der Waals surface area contributed by atoms with Crippen LogP contribution in [0.25, 0.3) is 16.9 Å². The number of aromatic nitrogens is 3. The van der Waals surface area contributed by atoms with Gasteiger partial charge >= 0.3 is 0 Å². The summed E-state index contributed by atoms with van der Waals surface area (Å²) in [5, 5.41) is 0. The van der Waals surface area contributed by atoms with E-state index in [9.17, 15) is 4.39 Å². The lowest BCUT2D eigenvalue weighted by molar-refractivity contribution is 0.626. The molecule has 0 amide bonds. The van der Waals surface area contributed by atoms with Crippen LogP contribution in [0.4, 0.5) is 4.39 Å². The van der Waals surface area contributed by atoms with Crippen molar-refractivity contribution in [3.05, 3.63) is 51.0 Å². The molecule has 0 bridgehead atoms. The fraction of sp³-hybridized carbons (Fsp3) is 0.143. The third-order valence-electron chi connectivity index (χ3n) is 3.00. The number of benzene rings is 1. The van der Waals surface area contributed by atoms with Crippen LogP contribution in [0.5, 0.6) is 0 Å². The zero-order chi connectivity index (χ0) is 15.0. The van der Waals surface area contributed by atoms with Gasteiger partial charge in [0.15, 0.2) is 5.65 Å². The number of imidazole rings is 1. The number of nitrogens with zero attached hydrogens (tertiary/aromatic N) is 3. The van der Waals surface area contributed by atoms with Gasteiger partial charge in [-0.05, 0) is 56.1 Å². The van der Waals surface area contributed by atoms with Gasteiger partial charge in [0.05, 0.1) is 5.69 Å². The van der Waals surface area contributed by atoms with Crippen LogP contribution >= 0.6 is 43.5 Å². The Hall–Kier alpha value is -0.980. The van der Waals surface area contributed by atoms with E-state index in [2.05, 4.69) is 41.8 Å². The van der Waals surface area contributed by atoms with Crippen molar-refractivity contribution in [2.45, 2.75) is 6.42 Å². The van der Waals surface area contributed by atoms with Gasteiger partial charge in [0.1, 0.15) is 17.2 Å². The fourth-order valence-electron chi connectivity index (χ4n) is 2.16. The van der Waals surface area contributed by atoms with Crippen LogP contribution < -0.4 is 0 Å². The number of alkyl halides is 1. The predicted octanol–water partition coefficient (Wildman–Crippen LogP) is 4.87. The van der Waals surface area contributed by atoms with E-state index in [1.54, 1.807) is 12.3 Å². The van der Waals surface area contributed by atoms with Gasteiger partial charge in [0.25, 0.3) is 0 Å². The first kappa shape index (κ1) is 14.9. The molecule has 0 spiro atoms. The molecule has 0 aliphatic heterocycles. The Balaban J connectivity index is 2.30. The van der Waals surface area contributed by atoms with Gasteiger partial charge < -0.3 is 0 Å². The van der Waals surface area contributed by atoms with Crippen molar-refractivity contribution < 1.29 is 4.39 Å². The molecule has 0 unspecified atom stereocenters. The van der Waals surface area contributed by atoms with Crippen LogP contribution in [0.3, 0.4) is 0 Å². The lowest BCUT2D eigenvalue weighted by Crippen LogP contribution is -2.04. The Bertz CT molecular complexity index is 819. The lowest BCUT2D eigenvalue weighted by Gasteiger charge is -2.10. The van der Waals surface area contributed by atoms with Crippen LogP contribution in [0.15, 0.2) is 39.4 Å². The second-order valence-electron chi connectivity index (χ2n) is 4.39. The predicted molar refractivity (Wildman–Crippen MR) is 88.6 cm³/mol.